The first-order valence-corrected chi connectivity index (χ1v) is 8.99. The summed E-state index contributed by atoms with van der Waals surface area (Å²) in [5, 5.41) is 13.2. The fourth-order valence-electron chi connectivity index (χ4n) is 1.66. The van der Waals surface area contributed by atoms with E-state index in [1.165, 1.54) is 23.1 Å². The summed E-state index contributed by atoms with van der Waals surface area (Å²) in [5.74, 6) is -0.302. The number of anilines is 2. The van der Waals surface area contributed by atoms with E-state index in [2.05, 4.69) is 20.8 Å². The Bertz CT molecular complexity index is 703. The van der Waals surface area contributed by atoms with Gasteiger partial charge in [-0.05, 0) is 32.9 Å². The summed E-state index contributed by atoms with van der Waals surface area (Å²) in [6, 6.07) is 7.05. The van der Waals surface area contributed by atoms with Crippen molar-refractivity contribution in [2.45, 2.75) is 30.4 Å². The van der Waals surface area contributed by atoms with Gasteiger partial charge in [0.2, 0.25) is 5.13 Å². The van der Waals surface area contributed by atoms with Crippen LogP contribution in [-0.4, -0.2) is 34.1 Å². The molecule has 2 amide bonds. The largest absolute Gasteiger partial charge is 0.465 e. The number of aromatic nitrogens is 2. The Morgan fingerprint density at radius 3 is 2.62 bits per heavy atom. The number of hydrogen-bond acceptors (Lipinski definition) is 7. The first kappa shape index (κ1) is 18.2. The van der Waals surface area contributed by atoms with Crippen LogP contribution in [0.4, 0.5) is 15.6 Å². The van der Waals surface area contributed by atoms with Crippen molar-refractivity contribution < 1.29 is 14.3 Å². The molecule has 1 heterocycles. The van der Waals surface area contributed by atoms with Crippen LogP contribution >= 0.6 is 23.1 Å². The number of urea groups is 1. The summed E-state index contributed by atoms with van der Waals surface area (Å²) in [4.78, 5) is 23.5. The average Bonchev–Trinajstić information content (AvgIpc) is 2.96. The number of nitrogens with zero attached hydrogens (tertiary/aromatic N) is 2. The smallest absolute Gasteiger partial charge is 0.325 e. The van der Waals surface area contributed by atoms with Gasteiger partial charge in [0.15, 0.2) is 4.34 Å². The summed E-state index contributed by atoms with van der Waals surface area (Å²) in [6.45, 7) is 5.81. The van der Waals surface area contributed by atoms with E-state index in [1.54, 1.807) is 13.8 Å². The predicted octanol–water partition coefficient (Wildman–Crippen LogP) is 3.53. The van der Waals surface area contributed by atoms with Crippen molar-refractivity contribution in [3.8, 4) is 0 Å². The second kappa shape index (κ2) is 8.65. The van der Waals surface area contributed by atoms with Crippen LogP contribution < -0.4 is 10.6 Å². The number of amides is 2. The summed E-state index contributed by atoms with van der Waals surface area (Å²) in [5.41, 5.74) is 1.80. The van der Waals surface area contributed by atoms with E-state index >= 15 is 0 Å². The van der Waals surface area contributed by atoms with Gasteiger partial charge >= 0.3 is 12.0 Å². The van der Waals surface area contributed by atoms with Gasteiger partial charge in [-0.3, -0.25) is 10.1 Å². The minimum Gasteiger partial charge on any atom is -0.465 e. The van der Waals surface area contributed by atoms with Gasteiger partial charge in [-0.15, -0.1) is 10.2 Å². The molecule has 24 heavy (non-hydrogen) atoms. The third-order valence-electron chi connectivity index (χ3n) is 2.83. The van der Waals surface area contributed by atoms with Gasteiger partial charge in [0.25, 0.3) is 0 Å². The molecule has 128 valence electrons. The molecule has 0 aliphatic carbocycles. The summed E-state index contributed by atoms with van der Waals surface area (Å²) < 4.78 is 5.52. The Morgan fingerprint density at radius 2 is 1.96 bits per heavy atom. The van der Waals surface area contributed by atoms with Crippen LogP contribution in [0.1, 0.15) is 19.4 Å². The number of ether oxygens (including phenoxy) is 1. The van der Waals surface area contributed by atoms with E-state index in [0.717, 1.165) is 5.56 Å². The van der Waals surface area contributed by atoms with Gasteiger partial charge in [0.05, 0.1) is 6.61 Å². The summed E-state index contributed by atoms with van der Waals surface area (Å²) >= 11 is 2.44. The highest BCUT2D eigenvalue weighted by Gasteiger charge is 2.18. The molecular weight excluding hydrogens is 348 g/mol. The van der Waals surface area contributed by atoms with Gasteiger partial charge in [0, 0.05) is 5.69 Å². The predicted molar refractivity (Wildman–Crippen MR) is 95.7 cm³/mol. The number of esters is 1. The Hall–Kier alpha value is -2.13. The summed E-state index contributed by atoms with van der Waals surface area (Å²) in [6.07, 6.45) is 0. The highest BCUT2D eigenvalue weighted by Crippen LogP contribution is 2.29. The lowest BCUT2D eigenvalue weighted by molar-refractivity contribution is -0.142. The van der Waals surface area contributed by atoms with Crippen molar-refractivity contribution in [2.75, 3.05) is 17.2 Å². The zero-order valence-electron chi connectivity index (χ0n) is 13.5. The zero-order chi connectivity index (χ0) is 17.5. The molecular formula is C15H18N4O3S2. The molecule has 2 aromatic rings. The Morgan fingerprint density at radius 1 is 1.25 bits per heavy atom. The molecule has 2 N–H and O–H groups in total. The topological polar surface area (TPSA) is 93.2 Å². The summed E-state index contributed by atoms with van der Waals surface area (Å²) in [7, 11) is 0. The van der Waals surface area contributed by atoms with Crippen molar-refractivity contribution in [3.63, 3.8) is 0 Å². The van der Waals surface area contributed by atoms with Crippen molar-refractivity contribution in [1.29, 1.82) is 0 Å². The second-order valence-electron chi connectivity index (χ2n) is 4.83. The minimum atomic E-state index is -0.398. The Balaban J connectivity index is 1.87. The van der Waals surface area contributed by atoms with Crippen molar-refractivity contribution in [2.24, 2.45) is 0 Å². The Kier molecular flexibility index (Phi) is 6.56. The molecule has 7 nitrogen and oxygen atoms in total. The van der Waals surface area contributed by atoms with E-state index in [0.29, 0.717) is 21.8 Å². The van der Waals surface area contributed by atoms with Gasteiger partial charge in [-0.2, -0.15) is 0 Å². The van der Waals surface area contributed by atoms with Crippen LogP contribution in [0.2, 0.25) is 0 Å². The second-order valence-corrected chi connectivity index (χ2v) is 7.40. The molecule has 0 aliphatic rings. The molecule has 0 spiro atoms. The van der Waals surface area contributed by atoms with Crippen molar-refractivity contribution >= 4 is 45.9 Å². The lowest BCUT2D eigenvalue weighted by atomic mass is 10.2. The molecule has 0 saturated carbocycles. The van der Waals surface area contributed by atoms with Crippen LogP contribution in [-0.2, 0) is 9.53 Å². The lowest BCUT2D eigenvalue weighted by Crippen LogP contribution is -2.19. The van der Waals surface area contributed by atoms with Crippen LogP contribution in [0.15, 0.2) is 28.6 Å². The number of carbonyl (C=O) groups is 2. The number of aryl methyl sites for hydroxylation is 1. The molecule has 0 radical (unpaired) electrons. The van der Waals surface area contributed by atoms with Crippen LogP contribution in [0.5, 0.6) is 0 Å². The number of thioether (sulfide) groups is 1. The Labute approximate surface area is 148 Å². The quantitative estimate of drug-likeness (QED) is 0.461. The SMILES string of the molecule is CCOC(=O)[C@@H](C)Sc1nnc(NC(=O)Nc2ccc(C)cc2)s1. The lowest BCUT2D eigenvalue weighted by Gasteiger charge is -2.07. The fourth-order valence-corrected chi connectivity index (χ4v) is 3.55. The van der Waals surface area contributed by atoms with Crippen LogP contribution in [0, 0.1) is 6.92 Å². The highest BCUT2D eigenvalue weighted by molar-refractivity contribution is 8.02. The van der Waals surface area contributed by atoms with E-state index < -0.39 is 6.03 Å². The highest BCUT2D eigenvalue weighted by atomic mass is 32.2. The molecule has 1 aromatic carbocycles. The van der Waals surface area contributed by atoms with Crippen LogP contribution in [0.25, 0.3) is 0 Å². The first-order chi connectivity index (χ1) is 11.5. The normalized spacial score (nSPS) is 11.6. The fraction of sp³-hybridized carbons (Fsp3) is 0.333. The third kappa shape index (κ3) is 5.50. The van der Waals surface area contributed by atoms with Crippen LogP contribution in [0.3, 0.4) is 0 Å². The number of rotatable bonds is 6. The van der Waals surface area contributed by atoms with Crippen molar-refractivity contribution in [3.05, 3.63) is 29.8 Å². The van der Waals surface area contributed by atoms with E-state index in [1.807, 2.05) is 31.2 Å². The molecule has 0 bridgehead atoms. The number of carbonyl (C=O) groups excluding carboxylic acids is 2. The molecule has 0 aliphatic heterocycles. The molecule has 0 fully saturated rings. The van der Waals surface area contributed by atoms with Gasteiger partial charge in [-0.25, -0.2) is 4.79 Å². The average molecular weight is 366 g/mol. The maximum Gasteiger partial charge on any atom is 0.325 e. The zero-order valence-corrected chi connectivity index (χ0v) is 15.2. The standard InChI is InChI=1S/C15H18N4O3S2/c1-4-22-12(20)10(3)23-15-19-18-14(24-15)17-13(21)16-11-7-5-9(2)6-8-11/h5-8,10H,4H2,1-3H3,(H2,16,17,18,21)/t10-/m1/s1. The number of nitrogens with one attached hydrogen (secondary N) is 2. The van der Waals surface area contributed by atoms with E-state index in [9.17, 15) is 9.59 Å². The molecule has 1 aromatic heterocycles. The third-order valence-corrected chi connectivity index (χ3v) is 4.83. The van der Waals surface area contributed by atoms with E-state index in [4.69, 9.17) is 4.74 Å². The van der Waals surface area contributed by atoms with Crippen molar-refractivity contribution in [1.82, 2.24) is 10.2 Å². The number of benzene rings is 1. The maximum atomic E-state index is 11.9. The molecule has 9 heteroatoms. The maximum absolute atomic E-state index is 11.9. The van der Waals surface area contributed by atoms with Gasteiger partial charge < -0.3 is 10.1 Å². The molecule has 0 saturated heterocycles. The van der Waals surface area contributed by atoms with Gasteiger partial charge in [0.1, 0.15) is 5.25 Å². The molecule has 1 atom stereocenters. The first-order valence-electron chi connectivity index (χ1n) is 7.29. The molecule has 0 unspecified atom stereocenters. The van der Waals surface area contributed by atoms with E-state index in [-0.39, 0.29) is 11.2 Å². The minimum absolute atomic E-state index is 0.302. The van der Waals surface area contributed by atoms with Gasteiger partial charge in [-0.1, -0.05) is 40.8 Å². The molecule has 2 rings (SSSR count). The monoisotopic (exact) mass is 366 g/mol. The number of hydrogen-bond donors (Lipinski definition) is 2.